The van der Waals surface area contributed by atoms with E-state index in [1.807, 2.05) is 6.92 Å². The molecule has 0 radical (unpaired) electrons. The predicted octanol–water partition coefficient (Wildman–Crippen LogP) is 4.55. The number of rotatable bonds is 18. The quantitative estimate of drug-likeness (QED) is 0.0420. The molecule has 15 heteroatoms. The van der Waals surface area contributed by atoms with E-state index in [0.717, 1.165) is 17.9 Å². The lowest BCUT2D eigenvalue weighted by molar-refractivity contribution is -0.167. The van der Waals surface area contributed by atoms with Crippen molar-refractivity contribution in [2.45, 2.75) is 58.9 Å². The van der Waals surface area contributed by atoms with Crippen molar-refractivity contribution in [3.05, 3.63) is 66.4 Å². The molecule has 254 valence electrons. The number of hydrogen-bond donors (Lipinski definition) is 5. The Hall–Kier alpha value is -4.65. The molecule has 0 fully saturated rings. The van der Waals surface area contributed by atoms with Gasteiger partial charge in [-0.1, -0.05) is 51.3 Å². The normalized spacial score (nSPS) is 12.4. The fraction of sp³-hybridized carbons (Fsp3) is 0.375. The minimum Gasteiger partial charge on any atom is -0.494 e. The van der Waals surface area contributed by atoms with Crippen molar-refractivity contribution in [1.29, 1.82) is 0 Å². The highest BCUT2D eigenvalue weighted by Gasteiger charge is 2.33. The number of carbonyl (C=O) groups is 4. The van der Waals surface area contributed by atoms with Gasteiger partial charge in [-0.2, -0.15) is 5.06 Å². The number of unbranched alkanes of at least 4 members (excludes halogenated alkanes) is 2. The lowest BCUT2D eigenvalue weighted by atomic mass is 9.90. The topological polar surface area (TPSA) is 197 Å². The molecule has 4 amide bonds. The summed E-state index contributed by atoms with van der Waals surface area (Å²) in [5, 5.41) is 8.33. The van der Waals surface area contributed by atoms with Gasteiger partial charge in [-0.15, -0.1) is 0 Å². The zero-order valence-corrected chi connectivity index (χ0v) is 27.4. The summed E-state index contributed by atoms with van der Waals surface area (Å²) in [7, 11) is -4.60. The van der Waals surface area contributed by atoms with E-state index < -0.39 is 37.5 Å². The van der Waals surface area contributed by atoms with Crippen molar-refractivity contribution in [1.82, 2.24) is 15.7 Å². The second-order valence-corrected chi connectivity index (χ2v) is 12.1. The molecule has 3 aromatic rings. The maximum Gasteiger partial charge on any atom is 0.436 e. The Morgan fingerprint density at radius 3 is 2.38 bits per heavy atom. The first kappa shape index (κ1) is 36.8. The minimum absolute atomic E-state index is 0.107. The first-order chi connectivity index (χ1) is 22.5. The lowest BCUT2D eigenvalue weighted by Crippen LogP contribution is -2.49. The van der Waals surface area contributed by atoms with Crippen LogP contribution < -0.4 is 26.0 Å². The first-order valence-electron chi connectivity index (χ1n) is 15.3. The summed E-state index contributed by atoms with van der Waals surface area (Å²) in [5.41, 5.74) is 0.763. The standard InChI is InChI=1S/C32H41N4O10P/c1-4-7-9-14-26(27(5-2)36(21-37)46-32(40)35-23-12-10-8-11-13-23)30(38)33-20-34-31(39)29-16-15-28(45-29)22-17-24(44-6-3)19-25(18-22)47(41,42)43/h8,10-13,15-19,21,26-27H,4-7,9,14,20H2,1-3H3,(H,33,38)(H,34,39)(H,35,40)(H2,41,42,43)/t26?,27-/m1/s1. The van der Waals surface area contributed by atoms with Gasteiger partial charge in [0, 0.05) is 11.3 Å². The molecule has 1 heterocycles. The van der Waals surface area contributed by atoms with Gasteiger partial charge in [0.15, 0.2) is 5.76 Å². The van der Waals surface area contributed by atoms with E-state index in [1.54, 1.807) is 44.2 Å². The fourth-order valence-corrected chi connectivity index (χ4v) is 5.47. The zero-order valence-electron chi connectivity index (χ0n) is 26.5. The second kappa shape index (κ2) is 17.9. The molecule has 47 heavy (non-hydrogen) atoms. The van der Waals surface area contributed by atoms with E-state index in [0.29, 0.717) is 36.9 Å². The molecule has 0 bridgehead atoms. The Bertz CT molecular complexity index is 1540. The summed E-state index contributed by atoms with van der Waals surface area (Å²) in [6.07, 6.45) is 2.61. The highest BCUT2D eigenvalue weighted by molar-refractivity contribution is 7.60. The van der Waals surface area contributed by atoms with Gasteiger partial charge in [-0.3, -0.25) is 24.3 Å². The van der Waals surface area contributed by atoms with Crippen molar-refractivity contribution >= 4 is 42.9 Å². The van der Waals surface area contributed by atoms with Gasteiger partial charge in [-0.05, 0) is 62.2 Å². The van der Waals surface area contributed by atoms with Crippen molar-refractivity contribution in [3.63, 3.8) is 0 Å². The van der Waals surface area contributed by atoms with Crippen LogP contribution in [0.3, 0.4) is 0 Å². The molecule has 0 spiro atoms. The minimum atomic E-state index is -4.60. The van der Waals surface area contributed by atoms with Gasteiger partial charge < -0.3 is 34.4 Å². The number of hydroxylamine groups is 2. The summed E-state index contributed by atoms with van der Waals surface area (Å²) >= 11 is 0. The number of anilines is 1. The Morgan fingerprint density at radius 1 is 1.00 bits per heavy atom. The van der Waals surface area contributed by atoms with Crippen LogP contribution in [0.25, 0.3) is 11.3 Å². The van der Waals surface area contributed by atoms with Crippen molar-refractivity contribution < 1.29 is 47.5 Å². The van der Waals surface area contributed by atoms with Crippen LogP contribution in [0.1, 0.15) is 63.4 Å². The molecule has 0 saturated carbocycles. The SMILES string of the molecule is CCCCCC(C(=O)NCNC(=O)c1ccc(-c2cc(OCC)cc(P(=O)(O)O)c2)o1)[C@@H](CC)N(C=O)OC(=O)Nc1ccccc1. The summed E-state index contributed by atoms with van der Waals surface area (Å²) in [6.45, 7) is 5.51. The molecule has 5 N–H and O–H groups in total. The van der Waals surface area contributed by atoms with Crippen LogP contribution in [0.4, 0.5) is 10.5 Å². The monoisotopic (exact) mass is 672 g/mol. The van der Waals surface area contributed by atoms with Crippen LogP contribution in [-0.4, -0.2) is 58.5 Å². The molecule has 2 aromatic carbocycles. The van der Waals surface area contributed by atoms with Gasteiger partial charge in [-0.25, -0.2) is 4.79 Å². The van der Waals surface area contributed by atoms with Crippen LogP contribution in [0, 0.1) is 5.92 Å². The Labute approximate surface area is 272 Å². The van der Waals surface area contributed by atoms with Gasteiger partial charge in [0.05, 0.1) is 30.5 Å². The number of ether oxygens (including phenoxy) is 1. The maximum absolute atomic E-state index is 13.4. The van der Waals surface area contributed by atoms with E-state index in [1.165, 1.54) is 30.3 Å². The first-order valence-corrected chi connectivity index (χ1v) is 16.9. The van der Waals surface area contributed by atoms with E-state index in [-0.39, 0.29) is 35.9 Å². The van der Waals surface area contributed by atoms with Crippen molar-refractivity contribution in [2.24, 2.45) is 5.92 Å². The number of hydrogen-bond acceptors (Lipinski definition) is 8. The van der Waals surface area contributed by atoms with Crippen molar-refractivity contribution in [3.8, 4) is 17.1 Å². The number of amides is 4. The fourth-order valence-electron chi connectivity index (χ4n) is 4.87. The summed E-state index contributed by atoms with van der Waals surface area (Å²) in [5.74, 6) is -1.58. The number of furan rings is 1. The average Bonchev–Trinajstić information content (AvgIpc) is 3.54. The Balaban J connectivity index is 1.67. The number of benzene rings is 2. The van der Waals surface area contributed by atoms with E-state index in [2.05, 4.69) is 16.0 Å². The van der Waals surface area contributed by atoms with E-state index >= 15 is 0 Å². The summed E-state index contributed by atoms with van der Waals surface area (Å²) in [4.78, 5) is 75.3. The molecule has 14 nitrogen and oxygen atoms in total. The highest BCUT2D eigenvalue weighted by atomic mass is 31.2. The van der Waals surface area contributed by atoms with Crippen LogP contribution >= 0.6 is 7.60 Å². The largest absolute Gasteiger partial charge is 0.494 e. The van der Waals surface area contributed by atoms with Crippen LogP contribution in [-0.2, 0) is 19.0 Å². The number of para-hydroxylation sites is 1. The predicted molar refractivity (Wildman–Crippen MR) is 174 cm³/mol. The number of nitrogens with one attached hydrogen (secondary N) is 3. The van der Waals surface area contributed by atoms with Gasteiger partial charge in [0.2, 0.25) is 12.3 Å². The molecule has 1 unspecified atom stereocenters. The Morgan fingerprint density at radius 2 is 1.74 bits per heavy atom. The maximum atomic E-state index is 13.4. The lowest BCUT2D eigenvalue weighted by Gasteiger charge is -2.31. The third-order valence-corrected chi connectivity index (χ3v) is 8.07. The third kappa shape index (κ3) is 11.0. The summed E-state index contributed by atoms with van der Waals surface area (Å²) < 4.78 is 22.9. The van der Waals surface area contributed by atoms with Crippen LogP contribution in [0.15, 0.2) is 65.1 Å². The van der Waals surface area contributed by atoms with Crippen LogP contribution in [0.5, 0.6) is 5.75 Å². The van der Waals surface area contributed by atoms with Crippen LogP contribution in [0.2, 0.25) is 0 Å². The third-order valence-electron chi connectivity index (χ3n) is 7.14. The molecule has 0 aliphatic heterocycles. The molecule has 3 rings (SSSR count). The Kier molecular flexibility index (Phi) is 14.0. The van der Waals surface area contributed by atoms with Gasteiger partial charge in [0.1, 0.15) is 11.5 Å². The second-order valence-electron chi connectivity index (χ2n) is 10.5. The molecular formula is C32H41N4O10P. The molecule has 1 aromatic heterocycles. The number of carbonyl (C=O) groups excluding carboxylic acids is 4. The molecular weight excluding hydrogens is 631 g/mol. The number of nitrogens with zero attached hydrogens (tertiary/aromatic N) is 1. The van der Waals surface area contributed by atoms with Gasteiger partial charge in [0.25, 0.3) is 5.91 Å². The molecule has 0 aliphatic rings. The van der Waals surface area contributed by atoms with Gasteiger partial charge >= 0.3 is 13.7 Å². The summed E-state index contributed by atoms with van der Waals surface area (Å²) in [6, 6.07) is 14.7. The molecule has 0 saturated heterocycles. The zero-order chi connectivity index (χ0) is 34.4. The van der Waals surface area contributed by atoms with Crippen molar-refractivity contribution in [2.75, 3.05) is 18.6 Å². The molecule has 2 atom stereocenters. The average molecular weight is 673 g/mol. The van der Waals surface area contributed by atoms with E-state index in [9.17, 15) is 33.5 Å². The highest BCUT2D eigenvalue weighted by Crippen LogP contribution is 2.37. The smallest absolute Gasteiger partial charge is 0.436 e. The van der Waals surface area contributed by atoms with E-state index in [4.69, 9.17) is 14.0 Å². The molecule has 0 aliphatic carbocycles.